The number of rotatable bonds is 10. The molecule has 216 valence electrons. The van der Waals surface area contributed by atoms with E-state index in [4.69, 9.17) is 13.7 Å². The number of aliphatic hydroxyl groups excluding tert-OH is 1. The number of aryl methyl sites for hydroxylation is 1. The Morgan fingerprint density at radius 1 is 1.18 bits per heavy atom. The molecule has 2 fully saturated rings. The van der Waals surface area contributed by atoms with Crippen LogP contribution in [0.25, 0.3) is 0 Å². The molecule has 40 heavy (non-hydrogen) atoms. The summed E-state index contributed by atoms with van der Waals surface area (Å²) in [6.07, 6.45) is 4.67. The van der Waals surface area contributed by atoms with Crippen LogP contribution >= 0.6 is 0 Å². The summed E-state index contributed by atoms with van der Waals surface area (Å²) in [4.78, 5) is 13.1. The van der Waals surface area contributed by atoms with Gasteiger partial charge in [-0.15, -0.1) is 0 Å². The molecule has 3 aromatic rings. The van der Waals surface area contributed by atoms with Crippen molar-refractivity contribution < 1.29 is 23.2 Å². The lowest BCUT2D eigenvalue weighted by molar-refractivity contribution is -0.00763. The first-order valence-electron chi connectivity index (χ1n) is 14.7. The SMILES string of the molecule is Cc1nc2c(o1)CCN([C@H](O)Cc1ccc(OCC[C@@H]3C[C@@H]3C3CCN(c4nc(C(C)C)no4)CC3)cc1F)C2. The molecule has 6 rings (SSSR count). The maximum Gasteiger partial charge on any atom is 0.324 e. The van der Waals surface area contributed by atoms with E-state index < -0.39 is 6.23 Å². The summed E-state index contributed by atoms with van der Waals surface area (Å²) < 4.78 is 31.8. The van der Waals surface area contributed by atoms with Crippen molar-refractivity contribution in [2.24, 2.45) is 17.8 Å². The first-order chi connectivity index (χ1) is 19.3. The highest BCUT2D eigenvalue weighted by molar-refractivity contribution is 5.30. The van der Waals surface area contributed by atoms with Crippen molar-refractivity contribution >= 4 is 6.01 Å². The average Bonchev–Trinajstić information content (AvgIpc) is 3.35. The van der Waals surface area contributed by atoms with Crippen LogP contribution in [-0.4, -0.2) is 57.6 Å². The molecule has 1 aromatic carbocycles. The molecular weight excluding hydrogens is 513 g/mol. The van der Waals surface area contributed by atoms with Gasteiger partial charge in [0.15, 0.2) is 11.7 Å². The molecule has 0 radical (unpaired) electrons. The van der Waals surface area contributed by atoms with E-state index in [1.165, 1.54) is 12.5 Å². The highest BCUT2D eigenvalue weighted by atomic mass is 19.1. The van der Waals surface area contributed by atoms with E-state index in [1.807, 2.05) is 17.9 Å². The lowest BCUT2D eigenvalue weighted by Gasteiger charge is -2.30. The van der Waals surface area contributed by atoms with Crippen LogP contribution in [0.1, 0.15) is 74.2 Å². The molecule has 0 bridgehead atoms. The van der Waals surface area contributed by atoms with Gasteiger partial charge in [-0.25, -0.2) is 9.37 Å². The minimum atomic E-state index is -0.783. The second-order valence-corrected chi connectivity index (χ2v) is 12.0. The number of piperidine rings is 1. The van der Waals surface area contributed by atoms with E-state index in [9.17, 15) is 9.50 Å². The Morgan fingerprint density at radius 2 is 2.00 bits per heavy atom. The van der Waals surface area contributed by atoms with E-state index in [-0.39, 0.29) is 18.2 Å². The Labute approximate surface area is 234 Å². The van der Waals surface area contributed by atoms with Crippen molar-refractivity contribution in [1.29, 1.82) is 0 Å². The summed E-state index contributed by atoms with van der Waals surface area (Å²) in [5.74, 6) is 4.94. The van der Waals surface area contributed by atoms with Crippen molar-refractivity contribution in [3.05, 3.63) is 52.7 Å². The third-order valence-corrected chi connectivity index (χ3v) is 8.81. The zero-order chi connectivity index (χ0) is 27.8. The molecule has 10 heteroatoms. The van der Waals surface area contributed by atoms with Gasteiger partial charge < -0.3 is 23.7 Å². The van der Waals surface area contributed by atoms with Gasteiger partial charge in [-0.1, -0.05) is 25.1 Å². The molecule has 0 unspecified atom stereocenters. The molecule has 9 nitrogen and oxygen atoms in total. The third-order valence-electron chi connectivity index (χ3n) is 8.81. The Bertz CT molecular complexity index is 1300. The van der Waals surface area contributed by atoms with Gasteiger partial charge in [0.1, 0.15) is 23.6 Å². The molecule has 1 saturated carbocycles. The minimum Gasteiger partial charge on any atom is -0.493 e. The van der Waals surface area contributed by atoms with Crippen molar-refractivity contribution in [2.75, 3.05) is 31.1 Å². The van der Waals surface area contributed by atoms with Gasteiger partial charge in [0, 0.05) is 57.9 Å². The lowest BCUT2D eigenvalue weighted by Crippen LogP contribution is -2.40. The number of hydrogen-bond donors (Lipinski definition) is 1. The summed E-state index contributed by atoms with van der Waals surface area (Å²) >= 11 is 0. The van der Waals surface area contributed by atoms with E-state index in [0.717, 1.165) is 61.5 Å². The zero-order valence-electron chi connectivity index (χ0n) is 23.7. The van der Waals surface area contributed by atoms with E-state index in [1.54, 1.807) is 6.07 Å². The number of oxazole rings is 1. The zero-order valence-corrected chi connectivity index (χ0v) is 23.7. The highest BCUT2D eigenvalue weighted by Gasteiger charge is 2.43. The van der Waals surface area contributed by atoms with Gasteiger partial charge in [-0.2, -0.15) is 4.98 Å². The quantitative estimate of drug-likeness (QED) is 0.377. The fraction of sp³-hybridized carbons (Fsp3) is 0.633. The number of hydrogen-bond acceptors (Lipinski definition) is 9. The third kappa shape index (κ3) is 6.02. The molecule has 0 spiro atoms. The smallest absolute Gasteiger partial charge is 0.324 e. The minimum absolute atomic E-state index is 0.215. The summed E-state index contributed by atoms with van der Waals surface area (Å²) in [5, 5.41) is 14.8. The van der Waals surface area contributed by atoms with E-state index in [2.05, 4.69) is 33.9 Å². The highest BCUT2D eigenvalue weighted by Crippen LogP contribution is 2.50. The maximum atomic E-state index is 14.9. The topological polar surface area (TPSA) is 101 Å². The Balaban J connectivity index is 0.916. The van der Waals surface area contributed by atoms with Gasteiger partial charge in [0.2, 0.25) is 0 Å². The lowest BCUT2D eigenvalue weighted by atomic mass is 9.90. The van der Waals surface area contributed by atoms with Crippen LogP contribution in [0.3, 0.4) is 0 Å². The molecule has 1 aliphatic carbocycles. The number of benzene rings is 1. The van der Waals surface area contributed by atoms with Crippen LogP contribution in [0.2, 0.25) is 0 Å². The maximum absolute atomic E-state index is 14.9. The summed E-state index contributed by atoms with van der Waals surface area (Å²) in [6, 6.07) is 5.63. The van der Waals surface area contributed by atoms with E-state index >= 15 is 0 Å². The number of aromatic nitrogens is 3. The first kappa shape index (κ1) is 27.2. The second-order valence-electron chi connectivity index (χ2n) is 12.0. The number of fused-ring (bicyclic) bond motifs is 1. The number of ether oxygens (including phenoxy) is 1. The Morgan fingerprint density at radius 3 is 2.75 bits per heavy atom. The van der Waals surface area contributed by atoms with E-state index in [0.29, 0.717) is 55.3 Å². The molecule has 1 saturated heterocycles. The number of aliphatic hydroxyl groups is 1. The van der Waals surface area contributed by atoms with Crippen molar-refractivity contribution in [3.8, 4) is 5.75 Å². The summed E-state index contributed by atoms with van der Waals surface area (Å²) in [5.41, 5.74) is 1.34. The standard InChI is InChI=1S/C30H40FN5O4/c1-18(2)29-33-30(40-34-29)35-10-6-20(7-11-35)24-14-21(24)9-13-38-23-5-4-22(25(31)16-23)15-28(37)36-12-8-27-26(17-36)32-19(3)39-27/h4-5,16,18,20-21,24,28,37H,6-15,17H2,1-3H3/t21-,24-,28-/m1/s1. The van der Waals surface area contributed by atoms with Crippen LogP contribution in [-0.2, 0) is 19.4 Å². The Hall–Kier alpha value is -2.98. The van der Waals surface area contributed by atoms with Crippen LogP contribution in [0.15, 0.2) is 27.1 Å². The number of anilines is 1. The van der Waals surface area contributed by atoms with Crippen LogP contribution in [0.4, 0.5) is 10.4 Å². The fourth-order valence-electron chi connectivity index (χ4n) is 6.33. The summed E-state index contributed by atoms with van der Waals surface area (Å²) in [6.45, 7) is 9.65. The molecule has 0 amide bonds. The molecule has 4 heterocycles. The monoisotopic (exact) mass is 553 g/mol. The number of nitrogens with zero attached hydrogens (tertiary/aromatic N) is 5. The van der Waals surface area contributed by atoms with Gasteiger partial charge in [0.25, 0.3) is 0 Å². The van der Waals surface area contributed by atoms with Gasteiger partial charge >= 0.3 is 6.01 Å². The van der Waals surface area contributed by atoms with Crippen LogP contribution in [0.5, 0.6) is 5.75 Å². The Kier molecular flexibility index (Phi) is 7.81. The number of halogens is 1. The molecule has 1 N–H and O–H groups in total. The largest absolute Gasteiger partial charge is 0.493 e. The van der Waals surface area contributed by atoms with Gasteiger partial charge in [-0.3, -0.25) is 4.90 Å². The van der Waals surface area contributed by atoms with Crippen LogP contribution < -0.4 is 9.64 Å². The van der Waals surface area contributed by atoms with Crippen LogP contribution in [0, 0.1) is 30.5 Å². The normalized spacial score (nSPS) is 22.5. The fourth-order valence-corrected chi connectivity index (χ4v) is 6.33. The first-order valence-corrected chi connectivity index (χ1v) is 14.7. The van der Waals surface area contributed by atoms with Crippen molar-refractivity contribution in [1.82, 2.24) is 20.0 Å². The average molecular weight is 554 g/mol. The predicted molar refractivity (Wildman–Crippen MR) is 146 cm³/mol. The van der Waals surface area contributed by atoms with Gasteiger partial charge in [-0.05, 0) is 55.1 Å². The van der Waals surface area contributed by atoms with Crippen molar-refractivity contribution in [3.63, 3.8) is 0 Å². The predicted octanol–water partition coefficient (Wildman–Crippen LogP) is 4.87. The second kappa shape index (κ2) is 11.5. The molecule has 2 aliphatic heterocycles. The molecule has 3 aliphatic rings. The van der Waals surface area contributed by atoms with Crippen molar-refractivity contribution in [2.45, 2.75) is 78.0 Å². The summed E-state index contributed by atoms with van der Waals surface area (Å²) in [7, 11) is 0. The molecular formula is C30H40FN5O4. The van der Waals surface area contributed by atoms with Gasteiger partial charge in [0.05, 0.1) is 12.3 Å². The molecule has 2 aromatic heterocycles. The molecule has 3 atom stereocenters.